The SMILES string of the molecule is Cc1nc2ccc(NC(=O)NCCC3(O)C(=O)Nc4ccccc43)cc2c(=O)[nH]1. The van der Waals surface area contributed by atoms with Crippen LogP contribution < -0.4 is 21.5 Å². The predicted molar refractivity (Wildman–Crippen MR) is 108 cm³/mol. The Kier molecular flexibility index (Phi) is 4.51. The second-order valence-electron chi connectivity index (χ2n) is 6.87. The van der Waals surface area contributed by atoms with Crippen molar-refractivity contribution in [3.63, 3.8) is 0 Å². The van der Waals surface area contributed by atoms with Crippen LogP contribution in [0.4, 0.5) is 16.2 Å². The lowest BCUT2D eigenvalue weighted by atomic mass is 9.92. The van der Waals surface area contributed by atoms with Crippen molar-refractivity contribution in [3.05, 3.63) is 64.2 Å². The van der Waals surface area contributed by atoms with Crippen LogP contribution >= 0.6 is 0 Å². The standard InChI is InChI=1S/C20H19N5O4/c1-11-22-15-7-6-12(10-13(15)17(26)23-11)24-19(28)21-9-8-20(29)14-4-2-3-5-16(14)25-18(20)27/h2-7,10,29H,8-9H2,1H3,(H,25,27)(H2,21,24,28)(H,22,23,26). The Balaban J connectivity index is 1.40. The van der Waals surface area contributed by atoms with Gasteiger partial charge in [0, 0.05) is 29.9 Å². The van der Waals surface area contributed by atoms with Crippen LogP contribution in [0.3, 0.4) is 0 Å². The van der Waals surface area contributed by atoms with Crippen LogP contribution in [0.5, 0.6) is 0 Å². The molecule has 1 atom stereocenters. The minimum absolute atomic E-state index is 0.0177. The van der Waals surface area contributed by atoms with E-state index in [1.165, 1.54) is 6.07 Å². The van der Waals surface area contributed by atoms with Gasteiger partial charge in [0.15, 0.2) is 5.60 Å². The van der Waals surface area contributed by atoms with Crippen molar-refractivity contribution in [1.82, 2.24) is 15.3 Å². The highest BCUT2D eigenvalue weighted by Crippen LogP contribution is 2.37. The van der Waals surface area contributed by atoms with Crippen molar-refractivity contribution in [1.29, 1.82) is 0 Å². The van der Waals surface area contributed by atoms with E-state index in [2.05, 4.69) is 25.9 Å². The second-order valence-corrected chi connectivity index (χ2v) is 6.87. The molecule has 0 spiro atoms. The molecule has 1 unspecified atom stereocenters. The highest BCUT2D eigenvalue weighted by atomic mass is 16.3. The van der Waals surface area contributed by atoms with Crippen LogP contribution in [-0.2, 0) is 10.4 Å². The number of para-hydroxylation sites is 1. The number of H-pyrrole nitrogens is 1. The van der Waals surface area contributed by atoms with Gasteiger partial charge in [0.1, 0.15) is 5.82 Å². The van der Waals surface area contributed by atoms with E-state index in [-0.39, 0.29) is 18.5 Å². The van der Waals surface area contributed by atoms with Crippen molar-refractivity contribution in [2.75, 3.05) is 17.2 Å². The molecule has 3 aromatic rings. The third kappa shape index (κ3) is 3.43. The summed E-state index contributed by atoms with van der Waals surface area (Å²) in [6.07, 6.45) is 0.0177. The van der Waals surface area contributed by atoms with Crippen LogP contribution in [0.25, 0.3) is 10.9 Å². The van der Waals surface area contributed by atoms with Crippen LogP contribution in [0.1, 0.15) is 17.8 Å². The first kappa shape index (κ1) is 18.6. The number of carbonyl (C=O) groups is 2. The molecule has 29 heavy (non-hydrogen) atoms. The minimum Gasteiger partial charge on any atom is -0.375 e. The number of anilines is 2. The summed E-state index contributed by atoms with van der Waals surface area (Å²) >= 11 is 0. The first-order valence-corrected chi connectivity index (χ1v) is 9.06. The normalized spacial score (nSPS) is 17.7. The third-order valence-electron chi connectivity index (χ3n) is 4.85. The second kappa shape index (κ2) is 7.02. The van der Waals surface area contributed by atoms with Gasteiger partial charge in [-0.3, -0.25) is 9.59 Å². The summed E-state index contributed by atoms with van der Waals surface area (Å²) in [6, 6.07) is 11.2. The average molecular weight is 393 g/mol. The number of hydrogen-bond donors (Lipinski definition) is 5. The Bertz CT molecular complexity index is 1190. The van der Waals surface area contributed by atoms with Crippen LogP contribution in [-0.4, -0.2) is 33.6 Å². The highest BCUT2D eigenvalue weighted by Gasteiger charge is 2.44. The molecule has 0 fully saturated rings. The minimum atomic E-state index is -1.69. The molecule has 2 aromatic carbocycles. The Hall–Kier alpha value is -3.72. The number of hydrogen-bond acceptors (Lipinski definition) is 5. The maximum absolute atomic E-state index is 12.2. The molecule has 0 bridgehead atoms. The summed E-state index contributed by atoms with van der Waals surface area (Å²) in [7, 11) is 0. The van der Waals surface area contributed by atoms with Crippen molar-refractivity contribution >= 4 is 34.2 Å². The van der Waals surface area contributed by atoms with Gasteiger partial charge in [-0.05, 0) is 31.2 Å². The maximum atomic E-state index is 12.2. The molecule has 2 heterocycles. The molecule has 0 aliphatic carbocycles. The quantitative estimate of drug-likeness (QED) is 0.458. The Morgan fingerprint density at radius 2 is 2.00 bits per heavy atom. The van der Waals surface area contributed by atoms with E-state index in [1.807, 2.05) is 0 Å². The molecule has 0 radical (unpaired) electrons. The molecule has 5 N–H and O–H groups in total. The van der Waals surface area contributed by atoms with E-state index in [4.69, 9.17) is 0 Å². The largest absolute Gasteiger partial charge is 0.375 e. The number of aryl methyl sites for hydroxylation is 1. The van der Waals surface area contributed by atoms with E-state index in [0.717, 1.165) is 0 Å². The van der Waals surface area contributed by atoms with Gasteiger partial charge in [-0.25, -0.2) is 9.78 Å². The lowest BCUT2D eigenvalue weighted by molar-refractivity contribution is -0.134. The first-order chi connectivity index (χ1) is 13.9. The van der Waals surface area contributed by atoms with Gasteiger partial charge in [0.2, 0.25) is 0 Å². The smallest absolute Gasteiger partial charge is 0.319 e. The fourth-order valence-corrected chi connectivity index (χ4v) is 3.41. The molecule has 1 aliphatic heterocycles. The number of benzene rings is 2. The number of nitrogens with zero attached hydrogens (tertiary/aromatic N) is 1. The molecule has 9 nitrogen and oxygen atoms in total. The monoisotopic (exact) mass is 393 g/mol. The fraction of sp³-hybridized carbons (Fsp3) is 0.200. The molecule has 3 amide bonds. The number of carbonyl (C=O) groups excluding carboxylic acids is 2. The number of aromatic nitrogens is 2. The predicted octanol–water partition coefficient (Wildman–Crippen LogP) is 1.58. The summed E-state index contributed by atoms with van der Waals surface area (Å²) in [6.45, 7) is 1.76. The van der Waals surface area contributed by atoms with Gasteiger partial charge in [-0.2, -0.15) is 0 Å². The zero-order chi connectivity index (χ0) is 20.6. The van der Waals surface area contributed by atoms with Crippen LogP contribution in [0.2, 0.25) is 0 Å². The van der Waals surface area contributed by atoms with Crippen molar-refractivity contribution in [2.24, 2.45) is 0 Å². The summed E-state index contributed by atoms with van der Waals surface area (Å²) in [5.41, 5.74) is 0.0335. The number of rotatable bonds is 4. The van der Waals surface area contributed by atoms with E-state index in [1.54, 1.807) is 43.3 Å². The van der Waals surface area contributed by atoms with Gasteiger partial charge in [-0.15, -0.1) is 0 Å². The maximum Gasteiger partial charge on any atom is 0.319 e. The Morgan fingerprint density at radius 3 is 2.83 bits per heavy atom. The van der Waals surface area contributed by atoms with Crippen LogP contribution in [0, 0.1) is 6.92 Å². The lowest BCUT2D eigenvalue weighted by Gasteiger charge is -2.21. The highest BCUT2D eigenvalue weighted by molar-refractivity contribution is 6.04. The number of fused-ring (bicyclic) bond motifs is 2. The number of aliphatic hydroxyl groups is 1. The summed E-state index contributed by atoms with van der Waals surface area (Å²) < 4.78 is 0. The van der Waals surface area contributed by atoms with Crippen molar-refractivity contribution in [3.8, 4) is 0 Å². The Morgan fingerprint density at radius 1 is 1.21 bits per heavy atom. The van der Waals surface area contributed by atoms with Gasteiger partial charge in [0.25, 0.3) is 11.5 Å². The number of urea groups is 1. The van der Waals surface area contributed by atoms with Gasteiger partial charge in [-0.1, -0.05) is 18.2 Å². The summed E-state index contributed by atoms with van der Waals surface area (Å²) in [5.74, 6) is -0.00568. The summed E-state index contributed by atoms with van der Waals surface area (Å²) in [4.78, 5) is 43.2. The van der Waals surface area contributed by atoms with E-state index in [0.29, 0.717) is 33.7 Å². The molecule has 1 aromatic heterocycles. The number of aromatic amines is 1. The molecular weight excluding hydrogens is 374 g/mol. The Labute approximate surface area is 165 Å². The molecule has 4 rings (SSSR count). The zero-order valence-corrected chi connectivity index (χ0v) is 15.6. The average Bonchev–Trinajstić information content (AvgIpc) is 2.93. The van der Waals surface area contributed by atoms with Gasteiger partial charge >= 0.3 is 6.03 Å². The molecule has 9 heteroatoms. The van der Waals surface area contributed by atoms with Crippen molar-refractivity contribution in [2.45, 2.75) is 18.9 Å². The molecule has 1 aliphatic rings. The van der Waals surface area contributed by atoms with Crippen LogP contribution in [0.15, 0.2) is 47.3 Å². The molecular formula is C20H19N5O4. The lowest BCUT2D eigenvalue weighted by Crippen LogP contribution is -2.39. The summed E-state index contributed by atoms with van der Waals surface area (Å²) in [5, 5.41) is 19.0. The van der Waals surface area contributed by atoms with E-state index < -0.39 is 17.5 Å². The zero-order valence-electron chi connectivity index (χ0n) is 15.6. The number of nitrogens with one attached hydrogen (secondary N) is 4. The fourth-order valence-electron chi connectivity index (χ4n) is 3.41. The molecule has 148 valence electrons. The van der Waals surface area contributed by atoms with E-state index in [9.17, 15) is 19.5 Å². The van der Waals surface area contributed by atoms with Gasteiger partial charge < -0.3 is 26.0 Å². The van der Waals surface area contributed by atoms with E-state index >= 15 is 0 Å². The molecule has 0 saturated carbocycles. The third-order valence-corrected chi connectivity index (χ3v) is 4.85. The van der Waals surface area contributed by atoms with Gasteiger partial charge in [0.05, 0.1) is 10.9 Å². The van der Waals surface area contributed by atoms with Crippen molar-refractivity contribution < 1.29 is 14.7 Å². The number of amides is 3. The first-order valence-electron chi connectivity index (χ1n) is 9.06. The molecule has 0 saturated heterocycles. The topological polar surface area (TPSA) is 136 Å².